The third-order valence-corrected chi connectivity index (χ3v) is 5.07. The number of hydrogen-bond acceptors (Lipinski definition) is 4. The van der Waals surface area contributed by atoms with Crippen molar-refractivity contribution >= 4 is 17.4 Å². The molecule has 1 aliphatic rings. The molecule has 0 saturated carbocycles. The molecule has 0 aliphatic carbocycles. The number of hydrogen-bond donors (Lipinski definition) is 1. The second kappa shape index (κ2) is 8.70. The number of piperidine rings is 1. The SMILES string of the molecule is CC(CNc1ncccc1C(=O)N1CCCCC1)N(C)c1ccccc1. The van der Waals surface area contributed by atoms with E-state index >= 15 is 0 Å². The van der Waals surface area contributed by atoms with Gasteiger partial charge in [0.15, 0.2) is 0 Å². The summed E-state index contributed by atoms with van der Waals surface area (Å²) in [6.45, 7) is 4.57. The van der Waals surface area contributed by atoms with Gasteiger partial charge in [0.2, 0.25) is 0 Å². The molecule has 138 valence electrons. The Morgan fingerprint density at radius 3 is 2.62 bits per heavy atom. The van der Waals surface area contributed by atoms with Crippen molar-refractivity contribution < 1.29 is 4.79 Å². The lowest BCUT2D eigenvalue weighted by molar-refractivity contribution is 0.0725. The molecule has 1 aromatic heterocycles. The van der Waals surface area contributed by atoms with Crippen LogP contribution >= 0.6 is 0 Å². The van der Waals surface area contributed by atoms with Crippen LogP contribution in [0.5, 0.6) is 0 Å². The van der Waals surface area contributed by atoms with Gasteiger partial charge in [-0.3, -0.25) is 4.79 Å². The Morgan fingerprint density at radius 2 is 1.88 bits per heavy atom. The number of benzene rings is 1. The second-order valence-corrected chi connectivity index (χ2v) is 6.93. The van der Waals surface area contributed by atoms with E-state index in [-0.39, 0.29) is 11.9 Å². The molecule has 1 aromatic carbocycles. The summed E-state index contributed by atoms with van der Waals surface area (Å²) in [6, 6.07) is 14.3. The zero-order valence-corrected chi connectivity index (χ0v) is 15.7. The molecule has 1 fully saturated rings. The molecule has 1 atom stereocenters. The van der Waals surface area contributed by atoms with Crippen LogP contribution in [-0.4, -0.2) is 48.5 Å². The summed E-state index contributed by atoms with van der Waals surface area (Å²) in [5.74, 6) is 0.765. The normalized spacial score (nSPS) is 15.4. The summed E-state index contributed by atoms with van der Waals surface area (Å²) in [5.41, 5.74) is 1.84. The highest BCUT2D eigenvalue weighted by molar-refractivity contribution is 5.98. The van der Waals surface area contributed by atoms with Crippen LogP contribution in [0, 0.1) is 0 Å². The molecule has 1 aliphatic heterocycles. The molecule has 0 bridgehead atoms. The Morgan fingerprint density at radius 1 is 1.15 bits per heavy atom. The monoisotopic (exact) mass is 352 g/mol. The van der Waals surface area contributed by atoms with Crippen molar-refractivity contribution in [1.29, 1.82) is 0 Å². The van der Waals surface area contributed by atoms with Crippen LogP contribution in [0.25, 0.3) is 0 Å². The van der Waals surface area contributed by atoms with Crippen molar-refractivity contribution in [2.24, 2.45) is 0 Å². The van der Waals surface area contributed by atoms with E-state index in [1.54, 1.807) is 6.20 Å². The van der Waals surface area contributed by atoms with Gasteiger partial charge in [0.05, 0.1) is 5.56 Å². The first kappa shape index (κ1) is 18.2. The molecule has 5 nitrogen and oxygen atoms in total. The fourth-order valence-electron chi connectivity index (χ4n) is 3.29. The molecule has 0 spiro atoms. The lowest BCUT2D eigenvalue weighted by Crippen LogP contribution is -2.37. The van der Waals surface area contributed by atoms with Crippen LogP contribution in [0.2, 0.25) is 0 Å². The number of likely N-dealkylation sites (N-methyl/N-ethyl adjacent to an activating group) is 1. The summed E-state index contributed by atoms with van der Waals surface area (Å²) in [5, 5.41) is 3.38. The average molecular weight is 352 g/mol. The van der Waals surface area contributed by atoms with Gasteiger partial charge in [-0.05, 0) is 50.5 Å². The number of likely N-dealkylation sites (tertiary alicyclic amines) is 1. The van der Waals surface area contributed by atoms with Gasteiger partial charge in [0, 0.05) is 44.6 Å². The first-order valence-electron chi connectivity index (χ1n) is 9.43. The highest BCUT2D eigenvalue weighted by Gasteiger charge is 2.21. The van der Waals surface area contributed by atoms with Gasteiger partial charge in [0.25, 0.3) is 5.91 Å². The molecule has 2 heterocycles. The quantitative estimate of drug-likeness (QED) is 0.862. The number of rotatable bonds is 6. The molecule has 2 aromatic rings. The highest BCUT2D eigenvalue weighted by Crippen LogP contribution is 2.19. The zero-order chi connectivity index (χ0) is 18.4. The lowest BCUT2D eigenvalue weighted by atomic mass is 10.1. The molecule has 5 heteroatoms. The van der Waals surface area contributed by atoms with Crippen LogP contribution in [0.15, 0.2) is 48.7 Å². The summed E-state index contributed by atoms with van der Waals surface area (Å²) in [7, 11) is 2.08. The maximum absolute atomic E-state index is 12.9. The number of para-hydroxylation sites is 1. The van der Waals surface area contributed by atoms with E-state index in [2.05, 4.69) is 41.3 Å². The average Bonchev–Trinajstić information content (AvgIpc) is 2.72. The van der Waals surface area contributed by atoms with Gasteiger partial charge in [0.1, 0.15) is 5.82 Å². The van der Waals surface area contributed by atoms with Gasteiger partial charge < -0.3 is 15.1 Å². The third-order valence-electron chi connectivity index (χ3n) is 5.07. The maximum atomic E-state index is 12.9. The fourth-order valence-corrected chi connectivity index (χ4v) is 3.29. The number of carbonyl (C=O) groups excluding carboxylic acids is 1. The van der Waals surface area contributed by atoms with Gasteiger partial charge in [-0.2, -0.15) is 0 Å². The van der Waals surface area contributed by atoms with E-state index in [1.807, 2.05) is 35.2 Å². The molecule has 1 amide bonds. The highest BCUT2D eigenvalue weighted by atomic mass is 16.2. The number of amides is 1. The summed E-state index contributed by atoms with van der Waals surface area (Å²) < 4.78 is 0. The van der Waals surface area contributed by atoms with Crippen molar-refractivity contribution in [2.75, 3.05) is 36.9 Å². The van der Waals surface area contributed by atoms with Crippen LogP contribution in [0.4, 0.5) is 11.5 Å². The lowest BCUT2D eigenvalue weighted by Gasteiger charge is -2.29. The maximum Gasteiger partial charge on any atom is 0.257 e. The van der Waals surface area contributed by atoms with Crippen LogP contribution in [0.3, 0.4) is 0 Å². The van der Waals surface area contributed by atoms with Gasteiger partial charge in [-0.1, -0.05) is 18.2 Å². The number of pyridine rings is 1. The molecular formula is C21H28N4O. The molecule has 26 heavy (non-hydrogen) atoms. The third kappa shape index (κ3) is 4.34. The Balaban J connectivity index is 1.65. The minimum Gasteiger partial charge on any atom is -0.370 e. The van der Waals surface area contributed by atoms with Crippen molar-refractivity contribution in [2.45, 2.75) is 32.2 Å². The molecule has 1 saturated heterocycles. The molecular weight excluding hydrogens is 324 g/mol. The number of nitrogens with one attached hydrogen (secondary N) is 1. The van der Waals surface area contributed by atoms with Crippen molar-refractivity contribution in [3.63, 3.8) is 0 Å². The number of carbonyl (C=O) groups is 1. The first-order valence-corrected chi connectivity index (χ1v) is 9.43. The zero-order valence-electron chi connectivity index (χ0n) is 15.7. The minimum atomic E-state index is 0.0874. The van der Waals surface area contributed by atoms with Crippen molar-refractivity contribution in [3.8, 4) is 0 Å². The fraction of sp³-hybridized carbons (Fsp3) is 0.429. The first-order chi connectivity index (χ1) is 12.7. The van der Waals surface area contributed by atoms with Crippen LogP contribution in [0.1, 0.15) is 36.5 Å². The van der Waals surface area contributed by atoms with Crippen LogP contribution in [-0.2, 0) is 0 Å². The number of aromatic nitrogens is 1. The second-order valence-electron chi connectivity index (χ2n) is 6.93. The molecule has 1 N–H and O–H groups in total. The van der Waals surface area contributed by atoms with Crippen molar-refractivity contribution in [1.82, 2.24) is 9.88 Å². The smallest absolute Gasteiger partial charge is 0.257 e. The largest absolute Gasteiger partial charge is 0.370 e. The molecule has 0 radical (unpaired) electrons. The van der Waals surface area contributed by atoms with E-state index in [1.165, 1.54) is 12.1 Å². The topological polar surface area (TPSA) is 48.5 Å². The standard InChI is InChI=1S/C21H28N4O/c1-17(24(2)18-10-5-3-6-11-18)16-23-20-19(12-9-13-22-20)21(26)25-14-7-4-8-15-25/h3,5-6,9-13,17H,4,7-8,14-16H2,1-2H3,(H,22,23). The molecule has 3 rings (SSSR count). The van der Waals surface area contributed by atoms with Gasteiger partial charge in [-0.15, -0.1) is 0 Å². The summed E-state index contributed by atoms with van der Waals surface area (Å²) >= 11 is 0. The number of nitrogens with zero attached hydrogens (tertiary/aromatic N) is 3. The Kier molecular flexibility index (Phi) is 6.10. The molecule has 1 unspecified atom stereocenters. The predicted octanol–water partition coefficient (Wildman–Crippen LogP) is 3.64. The predicted molar refractivity (Wildman–Crippen MR) is 107 cm³/mol. The Labute approximate surface area is 156 Å². The van der Waals surface area contributed by atoms with E-state index in [4.69, 9.17) is 0 Å². The number of anilines is 2. The Bertz CT molecular complexity index is 713. The van der Waals surface area contributed by atoms with E-state index in [0.29, 0.717) is 17.9 Å². The van der Waals surface area contributed by atoms with Crippen LogP contribution < -0.4 is 10.2 Å². The van der Waals surface area contributed by atoms with Gasteiger partial charge >= 0.3 is 0 Å². The van der Waals surface area contributed by atoms with E-state index in [9.17, 15) is 4.79 Å². The van der Waals surface area contributed by atoms with Gasteiger partial charge in [-0.25, -0.2) is 4.98 Å². The van der Waals surface area contributed by atoms with E-state index in [0.717, 1.165) is 25.9 Å². The van der Waals surface area contributed by atoms with E-state index < -0.39 is 0 Å². The minimum absolute atomic E-state index is 0.0874. The Hall–Kier alpha value is -2.56. The summed E-state index contributed by atoms with van der Waals surface area (Å²) in [4.78, 5) is 21.5. The van der Waals surface area contributed by atoms with Crippen molar-refractivity contribution in [3.05, 3.63) is 54.2 Å². The summed E-state index contributed by atoms with van der Waals surface area (Å²) in [6.07, 6.45) is 5.13.